The summed E-state index contributed by atoms with van der Waals surface area (Å²) < 4.78 is 10.8. The summed E-state index contributed by atoms with van der Waals surface area (Å²) in [5, 5.41) is 2.68. The summed E-state index contributed by atoms with van der Waals surface area (Å²) in [7, 11) is 1.54. The van der Waals surface area contributed by atoms with E-state index < -0.39 is 5.91 Å². The van der Waals surface area contributed by atoms with Crippen LogP contribution in [0, 0.1) is 0 Å². The summed E-state index contributed by atoms with van der Waals surface area (Å²) in [5.74, 6) is 0.185. The fourth-order valence-corrected chi connectivity index (χ4v) is 2.18. The topological polar surface area (TPSA) is 90.6 Å². The van der Waals surface area contributed by atoms with Gasteiger partial charge in [-0.2, -0.15) is 0 Å². The number of amides is 2. The molecule has 0 aliphatic rings. The maximum Gasteiger partial charge on any atom is 0.262 e. The molecular weight excluding hydrogens is 320 g/mol. The molecule has 2 aromatic carbocycles. The lowest BCUT2D eigenvalue weighted by Gasteiger charge is -2.12. The number of anilines is 1. The number of nitrogens with one attached hydrogen (secondary N) is 1. The largest absolute Gasteiger partial charge is 0.493 e. The number of hydrogen-bond acceptors (Lipinski definition) is 4. The summed E-state index contributed by atoms with van der Waals surface area (Å²) in [6.07, 6.45) is 2.52. The van der Waals surface area contributed by atoms with Gasteiger partial charge in [0.2, 0.25) is 5.91 Å². The second-order valence-corrected chi connectivity index (χ2v) is 5.26. The van der Waals surface area contributed by atoms with Crippen molar-refractivity contribution in [3.05, 3.63) is 66.2 Å². The Morgan fingerprint density at radius 3 is 2.48 bits per heavy atom. The molecule has 0 aliphatic heterocycles. The third kappa shape index (κ3) is 5.10. The van der Waals surface area contributed by atoms with E-state index >= 15 is 0 Å². The Balaban J connectivity index is 1.95. The second-order valence-electron chi connectivity index (χ2n) is 5.26. The van der Waals surface area contributed by atoms with Crippen molar-refractivity contribution >= 4 is 17.5 Å². The van der Waals surface area contributed by atoms with E-state index in [1.807, 2.05) is 12.1 Å². The lowest BCUT2D eigenvalue weighted by molar-refractivity contribution is -0.118. The number of allylic oxidation sites excluding steroid dienone is 1. The highest BCUT2D eigenvalue weighted by molar-refractivity contribution is 5.95. The first kappa shape index (κ1) is 18.1. The van der Waals surface area contributed by atoms with Crippen molar-refractivity contribution in [1.29, 1.82) is 0 Å². The Labute approximate surface area is 146 Å². The summed E-state index contributed by atoms with van der Waals surface area (Å²) in [6, 6.07) is 11.8. The molecular formula is C19H20N2O4. The average Bonchev–Trinajstić information content (AvgIpc) is 2.61. The van der Waals surface area contributed by atoms with E-state index in [1.54, 1.807) is 43.5 Å². The minimum atomic E-state index is -0.520. The highest BCUT2D eigenvalue weighted by Gasteiger charge is 2.09. The molecule has 25 heavy (non-hydrogen) atoms. The Bertz CT molecular complexity index is 769. The van der Waals surface area contributed by atoms with Crippen molar-refractivity contribution in [3.63, 3.8) is 0 Å². The number of benzene rings is 2. The van der Waals surface area contributed by atoms with Gasteiger partial charge in [-0.25, -0.2) is 0 Å². The third-order valence-electron chi connectivity index (χ3n) is 3.42. The maximum absolute atomic E-state index is 12.0. The van der Waals surface area contributed by atoms with Crippen molar-refractivity contribution in [2.45, 2.75) is 6.42 Å². The van der Waals surface area contributed by atoms with Gasteiger partial charge < -0.3 is 20.5 Å². The van der Waals surface area contributed by atoms with Crippen molar-refractivity contribution < 1.29 is 19.1 Å². The highest BCUT2D eigenvalue weighted by atomic mass is 16.5. The maximum atomic E-state index is 12.0. The van der Waals surface area contributed by atoms with Crippen molar-refractivity contribution in [2.75, 3.05) is 19.0 Å². The zero-order valence-corrected chi connectivity index (χ0v) is 14.0. The first-order valence-electron chi connectivity index (χ1n) is 7.64. The minimum absolute atomic E-state index is 0.172. The third-order valence-corrected chi connectivity index (χ3v) is 3.42. The molecule has 2 rings (SSSR count). The Hall–Kier alpha value is -3.28. The number of hydrogen-bond donors (Lipinski definition) is 2. The molecule has 0 unspecified atom stereocenters. The van der Waals surface area contributed by atoms with E-state index in [0.29, 0.717) is 22.7 Å². The zero-order valence-electron chi connectivity index (χ0n) is 14.0. The van der Waals surface area contributed by atoms with Crippen LogP contribution in [0.2, 0.25) is 0 Å². The number of carbonyl (C=O) groups is 2. The molecule has 2 amide bonds. The van der Waals surface area contributed by atoms with Crippen LogP contribution in [0.4, 0.5) is 5.69 Å². The molecule has 0 aliphatic carbocycles. The van der Waals surface area contributed by atoms with Gasteiger partial charge in [-0.1, -0.05) is 12.1 Å². The summed E-state index contributed by atoms with van der Waals surface area (Å²) in [6.45, 7) is 3.53. The van der Waals surface area contributed by atoms with Crippen LogP contribution in [0.25, 0.3) is 0 Å². The Morgan fingerprint density at radius 1 is 1.16 bits per heavy atom. The molecule has 0 aromatic heterocycles. The van der Waals surface area contributed by atoms with E-state index in [-0.39, 0.29) is 12.5 Å². The van der Waals surface area contributed by atoms with Crippen LogP contribution >= 0.6 is 0 Å². The molecule has 0 heterocycles. The molecule has 0 fully saturated rings. The standard InChI is InChI=1S/C19H20N2O4/c1-3-4-13-5-10-16(17(11-13)24-2)25-12-18(22)21-15-8-6-14(7-9-15)19(20)23/h3,5-11H,1,4,12H2,2H3,(H2,20,23)(H,21,22). The number of nitrogens with two attached hydrogens (primary N) is 1. The first-order valence-corrected chi connectivity index (χ1v) is 7.64. The van der Waals surface area contributed by atoms with Gasteiger partial charge in [0.1, 0.15) is 0 Å². The van der Waals surface area contributed by atoms with Crippen LogP contribution < -0.4 is 20.5 Å². The van der Waals surface area contributed by atoms with Crippen molar-refractivity contribution in [1.82, 2.24) is 0 Å². The molecule has 130 valence electrons. The molecule has 3 N–H and O–H groups in total. The summed E-state index contributed by atoms with van der Waals surface area (Å²) >= 11 is 0. The number of rotatable bonds is 8. The average molecular weight is 340 g/mol. The lowest BCUT2D eigenvalue weighted by atomic mass is 10.1. The van der Waals surface area contributed by atoms with E-state index in [2.05, 4.69) is 11.9 Å². The molecule has 0 bridgehead atoms. The Morgan fingerprint density at radius 2 is 1.88 bits per heavy atom. The normalized spacial score (nSPS) is 9.96. The number of primary amides is 1. The molecule has 0 atom stereocenters. The fraction of sp³-hybridized carbons (Fsp3) is 0.158. The van der Waals surface area contributed by atoms with E-state index in [4.69, 9.17) is 15.2 Å². The molecule has 2 aromatic rings. The predicted octanol–water partition coefficient (Wildman–Crippen LogP) is 2.54. The van der Waals surface area contributed by atoms with Crippen LogP contribution in [-0.2, 0) is 11.2 Å². The number of carbonyl (C=O) groups excluding carboxylic acids is 2. The smallest absolute Gasteiger partial charge is 0.262 e. The monoisotopic (exact) mass is 340 g/mol. The van der Waals surface area contributed by atoms with Gasteiger partial charge in [0, 0.05) is 11.3 Å². The van der Waals surface area contributed by atoms with Crippen LogP contribution in [0.3, 0.4) is 0 Å². The first-order chi connectivity index (χ1) is 12.0. The number of ether oxygens (including phenoxy) is 2. The van der Waals surface area contributed by atoms with Gasteiger partial charge in [0.15, 0.2) is 18.1 Å². The minimum Gasteiger partial charge on any atom is -0.493 e. The van der Waals surface area contributed by atoms with E-state index in [0.717, 1.165) is 12.0 Å². The highest BCUT2D eigenvalue weighted by Crippen LogP contribution is 2.28. The second kappa shape index (κ2) is 8.54. The molecule has 6 heteroatoms. The van der Waals surface area contributed by atoms with E-state index in [1.165, 1.54) is 0 Å². The van der Waals surface area contributed by atoms with Gasteiger partial charge >= 0.3 is 0 Å². The van der Waals surface area contributed by atoms with E-state index in [9.17, 15) is 9.59 Å². The van der Waals surface area contributed by atoms with Crippen LogP contribution in [0.1, 0.15) is 15.9 Å². The summed E-state index contributed by atoms with van der Waals surface area (Å²) in [4.78, 5) is 23.0. The van der Waals surface area contributed by atoms with Gasteiger partial charge in [-0.3, -0.25) is 9.59 Å². The predicted molar refractivity (Wildman–Crippen MR) is 96.0 cm³/mol. The van der Waals surface area contributed by atoms with Crippen LogP contribution in [0.15, 0.2) is 55.1 Å². The van der Waals surface area contributed by atoms with Crippen LogP contribution in [0.5, 0.6) is 11.5 Å². The molecule has 6 nitrogen and oxygen atoms in total. The molecule has 0 saturated heterocycles. The molecule has 0 radical (unpaired) electrons. The number of methoxy groups -OCH3 is 1. The molecule has 0 saturated carbocycles. The van der Waals surface area contributed by atoms with Gasteiger partial charge in [-0.05, 0) is 48.4 Å². The van der Waals surface area contributed by atoms with Gasteiger partial charge in [0.25, 0.3) is 5.91 Å². The Kier molecular flexibility index (Phi) is 6.17. The van der Waals surface area contributed by atoms with Crippen molar-refractivity contribution in [2.24, 2.45) is 5.73 Å². The van der Waals surface area contributed by atoms with Crippen LogP contribution in [-0.4, -0.2) is 25.5 Å². The summed E-state index contributed by atoms with van der Waals surface area (Å²) in [5.41, 5.74) is 7.13. The molecule has 0 spiro atoms. The van der Waals surface area contributed by atoms with Crippen molar-refractivity contribution in [3.8, 4) is 11.5 Å². The SMILES string of the molecule is C=CCc1ccc(OCC(=O)Nc2ccc(C(N)=O)cc2)c(OC)c1. The quantitative estimate of drug-likeness (QED) is 0.723. The zero-order chi connectivity index (χ0) is 18.2. The van der Waals surface area contributed by atoms with Gasteiger partial charge in [0.05, 0.1) is 7.11 Å². The fourth-order valence-electron chi connectivity index (χ4n) is 2.18. The lowest BCUT2D eigenvalue weighted by Crippen LogP contribution is -2.20. The van der Waals surface area contributed by atoms with Gasteiger partial charge in [-0.15, -0.1) is 6.58 Å².